The molecule has 16 heavy (non-hydrogen) atoms. The van der Waals surface area contributed by atoms with Crippen LogP contribution in [0.1, 0.15) is 26.2 Å². The predicted molar refractivity (Wildman–Crippen MR) is 72.2 cm³/mol. The molecule has 1 unspecified atom stereocenters. The zero-order valence-corrected chi connectivity index (χ0v) is 11.8. The van der Waals surface area contributed by atoms with Gasteiger partial charge in [-0.15, -0.1) is 0 Å². The van der Waals surface area contributed by atoms with Crippen LogP contribution in [0.25, 0.3) is 0 Å². The molecule has 1 aromatic rings. The Morgan fingerprint density at radius 1 is 1.62 bits per heavy atom. The van der Waals surface area contributed by atoms with Crippen molar-refractivity contribution in [2.75, 3.05) is 18.0 Å². The van der Waals surface area contributed by atoms with Gasteiger partial charge in [0.2, 0.25) is 0 Å². The third-order valence-electron chi connectivity index (χ3n) is 3.18. The minimum absolute atomic E-state index is 0.742. The van der Waals surface area contributed by atoms with E-state index >= 15 is 0 Å². The molecule has 2 nitrogen and oxygen atoms in total. The summed E-state index contributed by atoms with van der Waals surface area (Å²) < 4.78 is 0.935. The molecule has 1 saturated heterocycles. The Hall–Kier alpha value is -0.280. The van der Waals surface area contributed by atoms with E-state index < -0.39 is 0 Å². The van der Waals surface area contributed by atoms with Gasteiger partial charge in [0, 0.05) is 23.8 Å². The van der Waals surface area contributed by atoms with Crippen molar-refractivity contribution in [1.82, 2.24) is 4.98 Å². The Bertz CT molecular complexity index is 370. The quantitative estimate of drug-likeness (QED) is 0.817. The monoisotopic (exact) mass is 302 g/mol. The van der Waals surface area contributed by atoms with Crippen LogP contribution in [0.5, 0.6) is 0 Å². The van der Waals surface area contributed by atoms with E-state index in [2.05, 4.69) is 32.7 Å². The molecule has 1 fully saturated rings. The van der Waals surface area contributed by atoms with Gasteiger partial charge in [0.1, 0.15) is 5.82 Å². The molecular formula is C12H16BrClN2. The molecule has 0 spiro atoms. The molecule has 0 N–H and O–H groups in total. The third-order valence-corrected chi connectivity index (χ3v) is 3.90. The fourth-order valence-electron chi connectivity index (χ4n) is 2.23. The first-order chi connectivity index (χ1) is 7.70. The van der Waals surface area contributed by atoms with Gasteiger partial charge >= 0.3 is 0 Å². The van der Waals surface area contributed by atoms with E-state index in [9.17, 15) is 0 Å². The zero-order valence-electron chi connectivity index (χ0n) is 9.42. The van der Waals surface area contributed by atoms with E-state index in [0.717, 1.165) is 34.3 Å². The van der Waals surface area contributed by atoms with Gasteiger partial charge in [-0.05, 0) is 40.8 Å². The molecule has 0 saturated carbocycles. The summed E-state index contributed by atoms with van der Waals surface area (Å²) in [6, 6.07) is 1.92. The van der Waals surface area contributed by atoms with Gasteiger partial charge in [-0.3, -0.25) is 0 Å². The van der Waals surface area contributed by atoms with Crippen molar-refractivity contribution in [2.24, 2.45) is 5.92 Å². The summed E-state index contributed by atoms with van der Waals surface area (Å²) in [5.41, 5.74) is 0. The first-order valence-corrected chi connectivity index (χ1v) is 6.93. The van der Waals surface area contributed by atoms with Gasteiger partial charge < -0.3 is 4.90 Å². The maximum atomic E-state index is 6.22. The molecule has 0 bridgehead atoms. The fraction of sp³-hybridized carbons (Fsp3) is 0.583. The van der Waals surface area contributed by atoms with E-state index in [1.165, 1.54) is 19.3 Å². The number of pyridine rings is 1. The molecule has 4 heteroatoms. The molecular weight excluding hydrogens is 288 g/mol. The van der Waals surface area contributed by atoms with Crippen molar-refractivity contribution in [3.8, 4) is 0 Å². The van der Waals surface area contributed by atoms with Crippen LogP contribution in [0.3, 0.4) is 0 Å². The average molecular weight is 304 g/mol. The van der Waals surface area contributed by atoms with E-state index in [-0.39, 0.29) is 0 Å². The minimum atomic E-state index is 0.742. The van der Waals surface area contributed by atoms with Gasteiger partial charge in [-0.2, -0.15) is 0 Å². The second-order valence-corrected chi connectivity index (χ2v) is 5.64. The lowest BCUT2D eigenvalue weighted by Gasteiger charge is -2.33. The predicted octanol–water partition coefficient (Wildman–Crippen LogP) is 4.12. The van der Waals surface area contributed by atoms with Crippen LogP contribution in [0.2, 0.25) is 5.02 Å². The molecule has 0 amide bonds. The van der Waals surface area contributed by atoms with Gasteiger partial charge in [0.15, 0.2) is 0 Å². The van der Waals surface area contributed by atoms with Crippen molar-refractivity contribution in [1.29, 1.82) is 0 Å². The highest BCUT2D eigenvalue weighted by Gasteiger charge is 2.21. The molecule has 88 valence electrons. The standard InChI is InChI=1S/C12H16BrClN2/c1-2-9-4-3-5-16(8-9)12-11(14)6-10(13)7-15-12/h6-7,9H,2-5,8H2,1H3. The number of halogens is 2. The number of piperidine rings is 1. The lowest BCUT2D eigenvalue weighted by atomic mass is 9.96. The Kier molecular flexibility index (Phi) is 4.09. The van der Waals surface area contributed by atoms with Gasteiger partial charge in [-0.1, -0.05) is 24.9 Å². The van der Waals surface area contributed by atoms with Gasteiger partial charge in [0.25, 0.3) is 0 Å². The molecule has 2 heterocycles. The number of aromatic nitrogens is 1. The number of hydrogen-bond donors (Lipinski definition) is 0. The van der Waals surface area contributed by atoms with Crippen molar-refractivity contribution in [2.45, 2.75) is 26.2 Å². The summed E-state index contributed by atoms with van der Waals surface area (Å²) in [5.74, 6) is 1.72. The Balaban J connectivity index is 2.16. The highest BCUT2D eigenvalue weighted by molar-refractivity contribution is 9.10. The summed E-state index contributed by atoms with van der Waals surface area (Å²) in [7, 11) is 0. The van der Waals surface area contributed by atoms with Crippen LogP contribution in [-0.4, -0.2) is 18.1 Å². The first kappa shape index (κ1) is 12.2. The second kappa shape index (κ2) is 5.37. The topological polar surface area (TPSA) is 16.1 Å². The van der Waals surface area contributed by atoms with Crippen molar-refractivity contribution in [3.05, 3.63) is 21.8 Å². The first-order valence-electron chi connectivity index (χ1n) is 5.76. The molecule has 0 radical (unpaired) electrons. The van der Waals surface area contributed by atoms with Crippen LogP contribution in [0.4, 0.5) is 5.82 Å². The molecule has 1 aromatic heterocycles. The van der Waals surface area contributed by atoms with E-state index in [1.807, 2.05) is 12.3 Å². The highest BCUT2D eigenvalue weighted by Crippen LogP contribution is 2.30. The smallest absolute Gasteiger partial charge is 0.147 e. The Labute approximate surface area is 110 Å². The van der Waals surface area contributed by atoms with E-state index in [4.69, 9.17) is 11.6 Å². The van der Waals surface area contributed by atoms with Crippen molar-refractivity contribution < 1.29 is 0 Å². The summed E-state index contributed by atoms with van der Waals surface area (Å²) in [5, 5.41) is 0.742. The summed E-state index contributed by atoms with van der Waals surface area (Å²) in [6.45, 7) is 4.42. The fourth-order valence-corrected chi connectivity index (χ4v) is 2.98. The second-order valence-electron chi connectivity index (χ2n) is 4.32. The number of nitrogens with zero attached hydrogens (tertiary/aromatic N) is 2. The van der Waals surface area contributed by atoms with Crippen LogP contribution >= 0.6 is 27.5 Å². The van der Waals surface area contributed by atoms with Crippen LogP contribution in [0, 0.1) is 5.92 Å². The van der Waals surface area contributed by atoms with E-state index in [1.54, 1.807) is 0 Å². The molecule has 0 aliphatic carbocycles. The number of hydrogen-bond acceptors (Lipinski definition) is 2. The molecule has 0 aromatic carbocycles. The maximum absolute atomic E-state index is 6.22. The molecule has 2 rings (SSSR count). The van der Waals surface area contributed by atoms with Gasteiger partial charge in [0.05, 0.1) is 5.02 Å². The Morgan fingerprint density at radius 2 is 2.44 bits per heavy atom. The third kappa shape index (κ3) is 2.69. The van der Waals surface area contributed by atoms with Crippen LogP contribution < -0.4 is 4.90 Å². The number of rotatable bonds is 2. The van der Waals surface area contributed by atoms with Crippen LogP contribution in [0.15, 0.2) is 16.7 Å². The molecule has 1 atom stereocenters. The van der Waals surface area contributed by atoms with Crippen LogP contribution in [-0.2, 0) is 0 Å². The van der Waals surface area contributed by atoms with Crippen molar-refractivity contribution >= 4 is 33.3 Å². The molecule has 1 aliphatic rings. The Morgan fingerprint density at radius 3 is 3.12 bits per heavy atom. The number of anilines is 1. The van der Waals surface area contributed by atoms with Gasteiger partial charge in [-0.25, -0.2) is 4.98 Å². The van der Waals surface area contributed by atoms with Crippen molar-refractivity contribution in [3.63, 3.8) is 0 Å². The van der Waals surface area contributed by atoms with E-state index in [0.29, 0.717) is 0 Å². The highest BCUT2D eigenvalue weighted by atomic mass is 79.9. The zero-order chi connectivity index (χ0) is 11.5. The average Bonchev–Trinajstić information content (AvgIpc) is 2.29. The lowest BCUT2D eigenvalue weighted by molar-refractivity contribution is 0.403. The minimum Gasteiger partial charge on any atom is -0.355 e. The normalized spacial score (nSPS) is 21.2. The summed E-state index contributed by atoms with van der Waals surface area (Å²) in [4.78, 5) is 6.73. The summed E-state index contributed by atoms with van der Waals surface area (Å²) >= 11 is 9.60. The SMILES string of the molecule is CCC1CCCN(c2ncc(Br)cc2Cl)C1. The largest absolute Gasteiger partial charge is 0.355 e. The maximum Gasteiger partial charge on any atom is 0.147 e. The lowest BCUT2D eigenvalue weighted by Crippen LogP contribution is -2.35. The molecule has 1 aliphatic heterocycles. The summed E-state index contributed by atoms with van der Waals surface area (Å²) in [6.07, 6.45) is 5.63.